The molecule has 2 N–H and O–H groups in total. The molecule has 2 unspecified atom stereocenters. The van der Waals surface area contributed by atoms with Crippen molar-refractivity contribution in [2.24, 2.45) is 0 Å². The van der Waals surface area contributed by atoms with E-state index in [1.165, 1.54) is 17.0 Å². The molecule has 7 nitrogen and oxygen atoms in total. The Kier molecular flexibility index (Phi) is 5.30. The summed E-state index contributed by atoms with van der Waals surface area (Å²) < 4.78 is 29.4. The first kappa shape index (κ1) is 16.3. The van der Waals surface area contributed by atoms with Crippen LogP contribution in [-0.4, -0.2) is 28.5 Å². The van der Waals surface area contributed by atoms with Crippen molar-refractivity contribution in [3.63, 3.8) is 0 Å². The topological polar surface area (TPSA) is 111 Å². The molecule has 1 rings (SSSR count). The fourth-order valence-corrected chi connectivity index (χ4v) is 4.65. The van der Waals surface area contributed by atoms with Gasteiger partial charge in [0.25, 0.3) is 0 Å². The summed E-state index contributed by atoms with van der Waals surface area (Å²) in [7, 11) is -8.90. The second-order valence-electron chi connectivity index (χ2n) is 4.15. The first-order chi connectivity index (χ1) is 8.64. The normalized spacial score (nSPS) is 16.7. The van der Waals surface area contributed by atoms with Crippen molar-refractivity contribution in [2.75, 3.05) is 13.3 Å². The van der Waals surface area contributed by atoms with Crippen LogP contribution in [0.3, 0.4) is 0 Å². The molecule has 0 saturated carbocycles. The van der Waals surface area contributed by atoms with Crippen molar-refractivity contribution >= 4 is 15.0 Å². The van der Waals surface area contributed by atoms with Crippen LogP contribution in [-0.2, 0) is 15.7 Å². The van der Waals surface area contributed by atoms with E-state index < -0.39 is 20.4 Å². The van der Waals surface area contributed by atoms with E-state index in [4.69, 9.17) is 14.5 Å². The molecule has 9 heteroatoms. The summed E-state index contributed by atoms with van der Waals surface area (Å²) in [6.45, 7) is 2.76. The average Bonchev–Trinajstić information content (AvgIpc) is 2.24. The molecule has 19 heavy (non-hydrogen) atoms. The van der Waals surface area contributed by atoms with Crippen molar-refractivity contribution in [1.82, 2.24) is 0 Å². The van der Waals surface area contributed by atoms with Crippen LogP contribution in [0.4, 0.5) is 0 Å². The lowest BCUT2D eigenvalue weighted by atomic mass is 10.4. The SMILES string of the molecule is CCOc1ccc[n+](CC(P(C)(=O)[O-])P(=O)(O)O)c1. The summed E-state index contributed by atoms with van der Waals surface area (Å²) in [5, 5.41) is -1.73. The van der Waals surface area contributed by atoms with Gasteiger partial charge in [-0.1, -0.05) is 0 Å². The number of rotatable bonds is 6. The van der Waals surface area contributed by atoms with Gasteiger partial charge in [-0.3, -0.25) is 4.57 Å². The quantitative estimate of drug-likeness (QED) is 0.571. The monoisotopic (exact) mass is 309 g/mol. The highest BCUT2D eigenvalue weighted by atomic mass is 31.2. The summed E-state index contributed by atoms with van der Waals surface area (Å²) >= 11 is 0. The van der Waals surface area contributed by atoms with Crippen LogP contribution in [0, 0.1) is 0 Å². The molecule has 0 aromatic carbocycles. The largest absolute Gasteiger partial charge is 0.799 e. The first-order valence-electron chi connectivity index (χ1n) is 5.60. The Morgan fingerprint density at radius 3 is 2.58 bits per heavy atom. The van der Waals surface area contributed by atoms with E-state index in [9.17, 15) is 14.0 Å². The minimum absolute atomic E-state index is 0.317. The summed E-state index contributed by atoms with van der Waals surface area (Å²) in [5.41, 5.74) is 0. The zero-order valence-electron chi connectivity index (χ0n) is 10.7. The Bertz CT molecular complexity index is 501. The smallest absolute Gasteiger partial charge is 0.341 e. The van der Waals surface area contributed by atoms with Gasteiger partial charge in [0.2, 0.25) is 6.20 Å². The van der Waals surface area contributed by atoms with Gasteiger partial charge in [-0.15, -0.1) is 0 Å². The highest BCUT2D eigenvalue weighted by molar-refractivity contribution is 7.72. The maximum absolute atomic E-state index is 11.5. The number of ether oxygens (including phenoxy) is 1. The van der Waals surface area contributed by atoms with Crippen molar-refractivity contribution in [3.8, 4) is 5.75 Å². The summed E-state index contributed by atoms with van der Waals surface area (Å²) in [6.07, 6.45) is 3.03. The minimum atomic E-state index is -4.73. The predicted molar refractivity (Wildman–Crippen MR) is 67.2 cm³/mol. The van der Waals surface area contributed by atoms with Gasteiger partial charge < -0.3 is 24.0 Å². The number of aromatic nitrogens is 1. The molecule has 1 aromatic heterocycles. The highest BCUT2D eigenvalue weighted by Gasteiger charge is 2.38. The molecular formula is C10H17NO6P2. The predicted octanol–water partition coefficient (Wildman–Crippen LogP) is 0.145. The Morgan fingerprint density at radius 2 is 2.11 bits per heavy atom. The third-order valence-corrected chi connectivity index (χ3v) is 6.79. The highest BCUT2D eigenvalue weighted by Crippen LogP contribution is 2.57. The molecule has 0 spiro atoms. The van der Waals surface area contributed by atoms with Gasteiger partial charge in [0.15, 0.2) is 23.9 Å². The van der Waals surface area contributed by atoms with E-state index in [1.807, 2.05) is 0 Å². The number of hydrogen-bond donors (Lipinski definition) is 2. The summed E-state index contributed by atoms with van der Waals surface area (Å²) in [5.74, 6) is 0.506. The Balaban J connectivity index is 3.01. The summed E-state index contributed by atoms with van der Waals surface area (Å²) in [4.78, 5) is 29.8. The maximum Gasteiger partial charge on any atom is 0.341 e. The Labute approximate surface area is 111 Å². The van der Waals surface area contributed by atoms with Gasteiger partial charge in [-0.05, 0) is 19.7 Å². The van der Waals surface area contributed by atoms with Crippen LogP contribution in [0.2, 0.25) is 0 Å². The molecule has 0 aliphatic heterocycles. The van der Waals surface area contributed by atoms with Crippen LogP contribution >= 0.6 is 15.0 Å². The average molecular weight is 309 g/mol. The molecule has 0 radical (unpaired) electrons. The molecule has 0 amide bonds. The zero-order chi connectivity index (χ0) is 14.7. The number of pyridine rings is 1. The van der Waals surface area contributed by atoms with Crippen molar-refractivity contribution in [2.45, 2.75) is 18.9 Å². The van der Waals surface area contributed by atoms with E-state index in [2.05, 4.69) is 0 Å². The Morgan fingerprint density at radius 1 is 1.47 bits per heavy atom. The molecule has 0 fully saturated rings. The molecule has 0 bridgehead atoms. The molecule has 1 aromatic rings. The van der Waals surface area contributed by atoms with Gasteiger partial charge in [0.1, 0.15) is 0 Å². The van der Waals surface area contributed by atoms with E-state index in [1.54, 1.807) is 19.1 Å². The van der Waals surface area contributed by atoms with Crippen LogP contribution in [0.25, 0.3) is 0 Å². The van der Waals surface area contributed by atoms with Crippen molar-refractivity contribution in [1.29, 1.82) is 0 Å². The third kappa shape index (κ3) is 5.05. The van der Waals surface area contributed by atoms with Gasteiger partial charge in [-0.25, -0.2) is 4.57 Å². The third-order valence-electron chi connectivity index (χ3n) is 2.45. The lowest BCUT2D eigenvalue weighted by Gasteiger charge is -2.27. The molecule has 0 aliphatic carbocycles. The van der Waals surface area contributed by atoms with Crippen LogP contribution in [0.1, 0.15) is 6.92 Å². The molecule has 1 heterocycles. The van der Waals surface area contributed by atoms with Gasteiger partial charge in [0.05, 0.1) is 6.61 Å². The molecule has 0 saturated heterocycles. The molecule has 108 valence electrons. The lowest BCUT2D eigenvalue weighted by Crippen LogP contribution is -2.40. The molecular weight excluding hydrogens is 292 g/mol. The molecule has 0 aliphatic rings. The minimum Gasteiger partial charge on any atom is -0.799 e. The number of nitrogens with zero attached hydrogens (tertiary/aromatic N) is 1. The van der Waals surface area contributed by atoms with Gasteiger partial charge >= 0.3 is 7.60 Å². The standard InChI is InChI=1S/C10H17NO6P2/c1-3-17-9-5-4-6-11(7-9)8-10(18(2,12)13)19(14,15)16/h4-7,10H,3,8H2,1-2H3,(H2-,12,13,14,15,16). The maximum atomic E-state index is 11.5. The van der Waals surface area contributed by atoms with Gasteiger partial charge in [0, 0.05) is 13.4 Å². The fraction of sp³-hybridized carbons (Fsp3) is 0.500. The zero-order valence-corrected chi connectivity index (χ0v) is 12.5. The summed E-state index contributed by atoms with van der Waals surface area (Å²) in [6, 6.07) is 3.29. The molecule has 2 atom stereocenters. The van der Waals surface area contributed by atoms with E-state index in [0.29, 0.717) is 12.4 Å². The van der Waals surface area contributed by atoms with Crippen molar-refractivity contribution in [3.05, 3.63) is 24.5 Å². The van der Waals surface area contributed by atoms with Crippen LogP contribution < -0.4 is 14.2 Å². The second kappa shape index (κ2) is 6.16. The van der Waals surface area contributed by atoms with Crippen LogP contribution in [0.5, 0.6) is 5.75 Å². The van der Waals surface area contributed by atoms with Crippen molar-refractivity contribution < 1.29 is 33.1 Å². The van der Waals surface area contributed by atoms with E-state index in [-0.39, 0.29) is 6.54 Å². The van der Waals surface area contributed by atoms with Gasteiger partial charge in [-0.2, -0.15) is 0 Å². The first-order valence-corrected chi connectivity index (χ1v) is 9.42. The second-order valence-corrected chi connectivity index (χ2v) is 8.80. The van der Waals surface area contributed by atoms with Crippen LogP contribution in [0.15, 0.2) is 24.5 Å². The fourth-order valence-electron chi connectivity index (χ4n) is 1.58. The van der Waals surface area contributed by atoms with E-state index >= 15 is 0 Å². The van der Waals surface area contributed by atoms with E-state index in [0.717, 1.165) is 6.66 Å². The lowest BCUT2D eigenvalue weighted by molar-refractivity contribution is -0.695. The Hall–Kier alpha value is -0.710. The number of hydrogen-bond acceptors (Lipinski definition) is 4.